The molecule has 0 aromatic rings. The summed E-state index contributed by atoms with van der Waals surface area (Å²) in [5, 5.41) is 4.98. The number of amides is 2. The number of alkyl carbamates (subject to hydrolysis) is 1. The third-order valence-electron chi connectivity index (χ3n) is 2.09. The van der Waals surface area contributed by atoms with Crippen LogP contribution in [0.4, 0.5) is 4.79 Å². The largest absolute Gasteiger partial charge is 0.462 e. The van der Waals surface area contributed by atoms with E-state index in [2.05, 4.69) is 15.4 Å². The van der Waals surface area contributed by atoms with Gasteiger partial charge in [0, 0.05) is 12.6 Å². The summed E-state index contributed by atoms with van der Waals surface area (Å²) >= 11 is 0. The predicted molar refractivity (Wildman–Crippen MR) is 68.5 cm³/mol. The molecule has 0 heterocycles. The third kappa shape index (κ3) is 8.01. The number of rotatable bonds is 4. The van der Waals surface area contributed by atoms with E-state index in [1.54, 1.807) is 20.8 Å². The van der Waals surface area contributed by atoms with Crippen LogP contribution in [-0.4, -0.2) is 43.3 Å². The van der Waals surface area contributed by atoms with Crippen molar-refractivity contribution >= 4 is 18.0 Å². The van der Waals surface area contributed by atoms with Gasteiger partial charge in [0.25, 0.3) is 0 Å². The molecule has 0 fully saturated rings. The normalized spacial score (nSPS) is 12.3. The van der Waals surface area contributed by atoms with E-state index in [9.17, 15) is 14.4 Å². The van der Waals surface area contributed by atoms with E-state index in [1.807, 2.05) is 6.92 Å². The van der Waals surface area contributed by atoms with Gasteiger partial charge in [-0.3, -0.25) is 4.79 Å². The number of ether oxygens (including phenoxy) is 2. The van der Waals surface area contributed by atoms with Crippen molar-refractivity contribution in [1.29, 1.82) is 0 Å². The number of hydrogen-bond donors (Lipinski definition) is 2. The molecular formula is C12H22N2O5. The first-order valence-electron chi connectivity index (χ1n) is 6.05. The molecule has 0 aliphatic rings. The summed E-state index contributed by atoms with van der Waals surface area (Å²) in [6, 6.07) is -0.316. The molecule has 0 aromatic carbocycles. The molecule has 1 atom stereocenters. The molecule has 7 heteroatoms. The first kappa shape index (κ1) is 17.2. The maximum absolute atomic E-state index is 11.5. The first-order valence-corrected chi connectivity index (χ1v) is 6.05. The SMILES string of the molecule is CC[C@@H](CNC(=O)C(=O)OC)NC(=O)OC(C)(C)C. The monoisotopic (exact) mass is 274 g/mol. The molecule has 2 amide bonds. The zero-order valence-electron chi connectivity index (χ0n) is 12.0. The standard InChI is InChI=1S/C12H22N2O5/c1-6-8(7-13-9(15)10(16)18-5)14-11(17)19-12(2,3)4/h8H,6-7H2,1-5H3,(H,13,15)(H,14,17)/t8-/m0/s1. The number of carbonyl (C=O) groups is 3. The minimum absolute atomic E-state index is 0.129. The van der Waals surface area contributed by atoms with Crippen LogP contribution in [0.2, 0.25) is 0 Å². The van der Waals surface area contributed by atoms with Gasteiger partial charge in [0.05, 0.1) is 7.11 Å². The third-order valence-corrected chi connectivity index (χ3v) is 2.09. The van der Waals surface area contributed by atoms with E-state index in [1.165, 1.54) is 0 Å². The predicted octanol–water partition coefficient (Wildman–Crippen LogP) is 0.579. The summed E-state index contributed by atoms with van der Waals surface area (Å²) in [6.07, 6.45) is 0.0208. The van der Waals surface area contributed by atoms with E-state index < -0.39 is 23.6 Å². The minimum atomic E-state index is -0.966. The van der Waals surface area contributed by atoms with Gasteiger partial charge in [0.15, 0.2) is 0 Å². The minimum Gasteiger partial charge on any atom is -0.462 e. The number of methoxy groups -OCH3 is 1. The Morgan fingerprint density at radius 3 is 2.21 bits per heavy atom. The highest BCUT2D eigenvalue weighted by atomic mass is 16.6. The number of esters is 1. The molecule has 0 bridgehead atoms. The van der Waals surface area contributed by atoms with Crippen LogP contribution in [0.15, 0.2) is 0 Å². The summed E-state index contributed by atoms with van der Waals surface area (Å²) in [5.41, 5.74) is -0.586. The fourth-order valence-electron chi connectivity index (χ4n) is 1.15. The van der Waals surface area contributed by atoms with Crippen LogP contribution >= 0.6 is 0 Å². The van der Waals surface area contributed by atoms with Crippen LogP contribution in [0.5, 0.6) is 0 Å². The van der Waals surface area contributed by atoms with Crippen molar-refractivity contribution in [2.75, 3.05) is 13.7 Å². The van der Waals surface area contributed by atoms with Gasteiger partial charge in [0.1, 0.15) is 5.60 Å². The average Bonchev–Trinajstić information content (AvgIpc) is 2.30. The van der Waals surface area contributed by atoms with Crippen LogP contribution in [0.3, 0.4) is 0 Å². The Hall–Kier alpha value is -1.79. The quantitative estimate of drug-likeness (QED) is 0.577. The van der Waals surface area contributed by atoms with Crippen molar-refractivity contribution < 1.29 is 23.9 Å². The Bertz CT molecular complexity index is 336. The molecule has 7 nitrogen and oxygen atoms in total. The molecule has 0 aromatic heterocycles. The fourth-order valence-corrected chi connectivity index (χ4v) is 1.15. The van der Waals surface area contributed by atoms with Crippen molar-refractivity contribution in [1.82, 2.24) is 10.6 Å². The van der Waals surface area contributed by atoms with Crippen LogP contribution in [0.1, 0.15) is 34.1 Å². The molecule has 0 aliphatic carbocycles. The smallest absolute Gasteiger partial charge is 0.407 e. The molecule has 19 heavy (non-hydrogen) atoms. The number of hydrogen-bond acceptors (Lipinski definition) is 5. The first-order chi connectivity index (χ1) is 8.69. The van der Waals surface area contributed by atoms with Gasteiger partial charge in [-0.05, 0) is 27.2 Å². The highest BCUT2D eigenvalue weighted by molar-refractivity contribution is 6.32. The van der Waals surface area contributed by atoms with Gasteiger partial charge in [-0.2, -0.15) is 0 Å². The van der Waals surface area contributed by atoms with Crippen molar-refractivity contribution in [2.24, 2.45) is 0 Å². The van der Waals surface area contributed by atoms with Crippen molar-refractivity contribution in [3.63, 3.8) is 0 Å². The van der Waals surface area contributed by atoms with Gasteiger partial charge in [-0.15, -0.1) is 0 Å². The van der Waals surface area contributed by atoms with Gasteiger partial charge in [0.2, 0.25) is 0 Å². The molecular weight excluding hydrogens is 252 g/mol. The van der Waals surface area contributed by atoms with E-state index in [0.29, 0.717) is 6.42 Å². The summed E-state index contributed by atoms with van der Waals surface area (Å²) in [6.45, 7) is 7.24. The van der Waals surface area contributed by atoms with Crippen LogP contribution in [-0.2, 0) is 19.1 Å². The number of carbonyl (C=O) groups excluding carboxylic acids is 3. The van der Waals surface area contributed by atoms with E-state index in [4.69, 9.17) is 4.74 Å². The zero-order valence-corrected chi connectivity index (χ0v) is 12.0. The highest BCUT2D eigenvalue weighted by Gasteiger charge is 2.20. The van der Waals surface area contributed by atoms with E-state index in [0.717, 1.165) is 7.11 Å². The molecule has 0 saturated carbocycles. The van der Waals surface area contributed by atoms with Gasteiger partial charge in [-0.25, -0.2) is 9.59 Å². The van der Waals surface area contributed by atoms with E-state index >= 15 is 0 Å². The Balaban J connectivity index is 4.19. The summed E-state index contributed by atoms with van der Waals surface area (Å²) < 4.78 is 9.35. The lowest BCUT2D eigenvalue weighted by atomic mass is 10.2. The lowest BCUT2D eigenvalue weighted by molar-refractivity contribution is -0.152. The van der Waals surface area contributed by atoms with Crippen molar-refractivity contribution in [3.8, 4) is 0 Å². The van der Waals surface area contributed by atoms with Gasteiger partial charge in [-0.1, -0.05) is 6.92 Å². The molecule has 0 spiro atoms. The van der Waals surface area contributed by atoms with Crippen LogP contribution in [0, 0.1) is 0 Å². The molecule has 110 valence electrons. The lowest BCUT2D eigenvalue weighted by Crippen LogP contribution is -2.46. The molecule has 0 aliphatic heterocycles. The second kappa shape index (κ2) is 7.60. The Morgan fingerprint density at radius 1 is 1.21 bits per heavy atom. The van der Waals surface area contributed by atoms with Gasteiger partial charge < -0.3 is 20.1 Å². The maximum atomic E-state index is 11.5. The average molecular weight is 274 g/mol. The fraction of sp³-hybridized carbons (Fsp3) is 0.750. The maximum Gasteiger partial charge on any atom is 0.407 e. The van der Waals surface area contributed by atoms with Crippen LogP contribution in [0.25, 0.3) is 0 Å². The molecule has 0 rings (SSSR count). The van der Waals surface area contributed by atoms with Gasteiger partial charge >= 0.3 is 18.0 Å². The molecule has 2 N–H and O–H groups in total. The Morgan fingerprint density at radius 2 is 1.79 bits per heavy atom. The second-order valence-corrected chi connectivity index (χ2v) is 4.95. The second-order valence-electron chi connectivity index (χ2n) is 4.95. The summed E-state index contributed by atoms with van der Waals surface area (Å²) in [5.74, 6) is -1.81. The molecule has 0 saturated heterocycles. The molecule has 0 radical (unpaired) electrons. The van der Waals surface area contributed by atoms with E-state index in [-0.39, 0.29) is 12.6 Å². The molecule has 0 unspecified atom stereocenters. The van der Waals surface area contributed by atoms with Crippen LogP contribution < -0.4 is 10.6 Å². The lowest BCUT2D eigenvalue weighted by Gasteiger charge is -2.23. The Labute approximate surface area is 113 Å². The number of nitrogens with one attached hydrogen (secondary N) is 2. The summed E-state index contributed by atoms with van der Waals surface area (Å²) in [7, 11) is 1.12. The summed E-state index contributed by atoms with van der Waals surface area (Å²) in [4.78, 5) is 33.6. The zero-order chi connectivity index (χ0) is 15.1. The van der Waals surface area contributed by atoms with Crippen molar-refractivity contribution in [3.05, 3.63) is 0 Å². The Kier molecular flexibility index (Phi) is 6.89. The highest BCUT2D eigenvalue weighted by Crippen LogP contribution is 2.07. The van der Waals surface area contributed by atoms with Crippen molar-refractivity contribution in [2.45, 2.75) is 45.8 Å². The topological polar surface area (TPSA) is 93.7 Å².